The number of nitrogens with zero attached hydrogens (tertiary/aromatic N) is 3. The molecule has 1 N–H and O–H groups in total. The maximum absolute atomic E-state index is 5.34. The molecule has 0 radical (unpaired) electrons. The van der Waals surface area contributed by atoms with Crippen LogP contribution in [0.15, 0.2) is 24.4 Å². The van der Waals surface area contributed by atoms with Crippen LogP contribution in [0.2, 0.25) is 0 Å². The molecule has 7 heteroatoms. The molecule has 1 atom stereocenters. The van der Waals surface area contributed by atoms with Crippen molar-refractivity contribution >= 4 is 35.7 Å². The molecule has 1 fully saturated rings. The number of hydrogen-bond donors (Lipinski definition) is 1. The standard InChI is InChI=1S/C12H14N4S3/c17-12-15-14-11(10-3-1-2-4-13-10)16(12)7-9-8-18-5-6-19-9/h1-4,9H,5-8H2,(H,15,17). The zero-order valence-electron chi connectivity index (χ0n) is 10.3. The number of hydrogen-bond acceptors (Lipinski definition) is 5. The molecule has 1 aliphatic rings. The second-order valence-electron chi connectivity index (χ2n) is 4.25. The van der Waals surface area contributed by atoms with Gasteiger partial charge in [-0.2, -0.15) is 28.6 Å². The Morgan fingerprint density at radius 3 is 3.11 bits per heavy atom. The maximum Gasteiger partial charge on any atom is 0.195 e. The predicted molar refractivity (Wildman–Crippen MR) is 84.2 cm³/mol. The third-order valence-corrected chi connectivity index (χ3v) is 6.06. The van der Waals surface area contributed by atoms with E-state index in [0.29, 0.717) is 10.0 Å². The minimum atomic E-state index is 0.602. The van der Waals surface area contributed by atoms with Crippen LogP contribution in [0.1, 0.15) is 0 Å². The summed E-state index contributed by atoms with van der Waals surface area (Å²) in [5, 5.41) is 7.81. The van der Waals surface area contributed by atoms with Gasteiger partial charge in [0.05, 0.1) is 0 Å². The smallest absolute Gasteiger partial charge is 0.195 e. The number of aromatic nitrogens is 4. The van der Waals surface area contributed by atoms with Crippen LogP contribution < -0.4 is 0 Å². The molecule has 0 saturated carbocycles. The van der Waals surface area contributed by atoms with Crippen molar-refractivity contribution < 1.29 is 0 Å². The molecule has 1 saturated heterocycles. The van der Waals surface area contributed by atoms with Gasteiger partial charge in [-0.3, -0.25) is 14.6 Å². The Morgan fingerprint density at radius 1 is 1.42 bits per heavy atom. The quantitative estimate of drug-likeness (QED) is 0.883. The van der Waals surface area contributed by atoms with Gasteiger partial charge in [-0.25, -0.2) is 0 Å². The van der Waals surface area contributed by atoms with Crippen molar-refractivity contribution in [2.45, 2.75) is 11.8 Å². The monoisotopic (exact) mass is 310 g/mol. The van der Waals surface area contributed by atoms with Crippen LogP contribution in [0.5, 0.6) is 0 Å². The molecule has 0 bridgehead atoms. The van der Waals surface area contributed by atoms with E-state index in [1.807, 2.05) is 41.7 Å². The molecule has 1 aliphatic heterocycles. The van der Waals surface area contributed by atoms with E-state index >= 15 is 0 Å². The van der Waals surface area contributed by atoms with Crippen LogP contribution in [0.4, 0.5) is 0 Å². The fourth-order valence-electron chi connectivity index (χ4n) is 2.02. The molecule has 100 valence electrons. The third kappa shape index (κ3) is 3.04. The molecule has 0 amide bonds. The molecule has 0 aliphatic carbocycles. The predicted octanol–water partition coefficient (Wildman–Crippen LogP) is 2.85. The number of nitrogens with one attached hydrogen (secondary N) is 1. The van der Waals surface area contributed by atoms with Gasteiger partial charge in [0.1, 0.15) is 5.69 Å². The van der Waals surface area contributed by atoms with Gasteiger partial charge in [-0.05, 0) is 24.4 Å². The SMILES string of the molecule is S=c1[nH]nc(-c2ccccn2)n1CC1CSCCS1. The van der Waals surface area contributed by atoms with Crippen LogP contribution in [-0.4, -0.2) is 42.3 Å². The van der Waals surface area contributed by atoms with E-state index in [-0.39, 0.29) is 0 Å². The summed E-state index contributed by atoms with van der Waals surface area (Å²) in [6.07, 6.45) is 1.78. The second-order valence-corrected chi connectivity index (χ2v) is 7.19. The van der Waals surface area contributed by atoms with Crippen molar-refractivity contribution in [1.29, 1.82) is 0 Å². The van der Waals surface area contributed by atoms with E-state index < -0.39 is 0 Å². The largest absolute Gasteiger partial charge is 0.298 e. The molecule has 2 aromatic rings. The second kappa shape index (κ2) is 6.11. The summed E-state index contributed by atoms with van der Waals surface area (Å²) in [6.45, 7) is 0.902. The van der Waals surface area contributed by atoms with Gasteiger partial charge in [-0.15, -0.1) is 0 Å². The lowest BCUT2D eigenvalue weighted by Gasteiger charge is -2.21. The summed E-state index contributed by atoms with van der Waals surface area (Å²) >= 11 is 9.38. The Kier molecular flexibility index (Phi) is 4.24. The van der Waals surface area contributed by atoms with Crippen molar-refractivity contribution in [3.05, 3.63) is 29.2 Å². The number of rotatable bonds is 3. The topological polar surface area (TPSA) is 46.5 Å². The van der Waals surface area contributed by atoms with E-state index in [4.69, 9.17) is 12.2 Å². The van der Waals surface area contributed by atoms with Crippen molar-refractivity contribution in [3.63, 3.8) is 0 Å². The van der Waals surface area contributed by atoms with Crippen LogP contribution >= 0.6 is 35.7 Å². The summed E-state index contributed by atoms with van der Waals surface area (Å²) in [6, 6.07) is 5.84. The highest BCUT2D eigenvalue weighted by Gasteiger charge is 2.18. The van der Waals surface area contributed by atoms with Crippen LogP contribution in [0.25, 0.3) is 11.5 Å². The van der Waals surface area contributed by atoms with Crippen LogP contribution in [-0.2, 0) is 6.54 Å². The lowest BCUT2D eigenvalue weighted by molar-refractivity contribution is 0.689. The summed E-state index contributed by atoms with van der Waals surface area (Å²) < 4.78 is 2.75. The lowest BCUT2D eigenvalue weighted by atomic mass is 10.3. The summed E-state index contributed by atoms with van der Waals surface area (Å²) in [4.78, 5) is 4.35. The molecular formula is C12H14N4S3. The molecule has 1 unspecified atom stereocenters. The van der Waals surface area contributed by atoms with Gasteiger partial charge in [0.15, 0.2) is 10.6 Å². The molecule has 0 spiro atoms. The molecular weight excluding hydrogens is 296 g/mol. The van der Waals surface area contributed by atoms with Gasteiger partial charge >= 0.3 is 0 Å². The van der Waals surface area contributed by atoms with Crippen molar-refractivity contribution in [2.75, 3.05) is 17.3 Å². The molecule has 4 nitrogen and oxygen atoms in total. The first-order valence-electron chi connectivity index (χ1n) is 6.10. The van der Waals surface area contributed by atoms with Crippen molar-refractivity contribution in [2.24, 2.45) is 0 Å². The average Bonchev–Trinajstić information content (AvgIpc) is 2.82. The summed E-state index contributed by atoms with van der Waals surface area (Å²) in [5.74, 6) is 4.49. The van der Waals surface area contributed by atoms with E-state index in [1.165, 1.54) is 17.3 Å². The van der Waals surface area contributed by atoms with Crippen molar-refractivity contribution in [3.8, 4) is 11.5 Å². The fraction of sp³-hybridized carbons (Fsp3) is 0.417. The first-order chi connectivity index (χ1) is 9.34. The molecule has 3 heterocycles. The van der Waals surface area contributed by atoms with Gasteiger partial charge < -0.3 is 0 Å². The average molecular weight is 310 g/mol. The van der Waals surface area contributed by atoms with E-state index in [9.17, 15) is 0 Å². The van der Waals surface area contributed by atoms with E-state index in [1.54, 1.807) is 6.20 Å². The Bertz CT molecular complexity index is 587. The normalized spacial score (nSPS) is 19.5. The Balaban J connectivity index is 1.88. The van der Waals surface area contributed by atoms with Gasteiger partial charge in [-0.1, -0.05) is 6.07 Å². The Labute approximate surface area is 125 Å². The summed E-state index contributed by atoms with van der Waals surface area (Å²) in [7, 11) is 0. The molecule has 2 aromatic heterocycles. The zero-order valence-corrected chi connectivity index (χ0v) is 12.7. The van der Waals surface area contributed by atoms with Crippen LogP contribution in [0.3, 0.4) is 0 Å². The number of pyridine rings is 1. The number of thioether (sulfide) groups is 2. The Morgan fingerprint density at radius 2 is 2.37 bits per heavy atom. The van der Waals surface area contributed by atoms with E-state index in [0.717, 1.165) is 18.1 Å². The highest BCUT2D eigenvalue weighted by atomic mass is 32.2. The first kappa shape index (κ1) is 13.2. The molecule has 19 heavy (non-hydrogen) atoms. The fourth-order valence-corrected chi connectivity index (χ4v) is 4.88. The van der Waals surface area contributed by atoms with E-state index in [2.05, 4.69) is 19.7 Å². The highest BCUT2D eigenvalue weighted by molar-refractivity contribution is 8.06. The first-order valence-corrected chi connectivity index (χ1v) is 8.72. The Hall–Kier alpha value is -0.790. The lowest BCUT2D eigenvalue weighted by Crippen LogP contribution is -2.21. The van der Waals surface area contributed by atoms with Crippen LogP contribution in [0, 0.1) is 4.77 Å². The minimum absolute atomic E-state index is 0.602. The summed E-state index contributed by atoms with van der Waals surface area (Å²) in [5.41, 5.74) is 0.864. The molecule has 3 rings (SSSR count). The minimum Gasteiger partial charge on any atom is -0.298 e. The number of aromatic amines is 1. The maximum atomic E-state index is 5.34. The van der Waals surface area contributed by atoms with Gasteiger partial charge in [0, 0.05) is 35.3 Å². The highest BCUT2D eigenvalue weighted by Crippen LogP contribution is 2.26. The number of H-pyrrole nitrogens is 1. The zero-order chi connectivity index (χ0) is 13.1. The van der Waals surface area contributed by atoms with Gasteiger partial charge in [0.2, 0.25) is 0 Å². The van der Waals surface area contributed by atoms with Gasteiger partial charge in [0.25, 0.3) is 0 Å². The molecule has 0 aromatic carbocycles. The third-order valence-electron chi connectivity index (χ3n) is 2.92. The van der Waals surface area contributed by atoms with Crippen molar-refractivity contribution in [1.82, 2.24) is 19.7 Å².